The molecule has 0 aliphatic heterocycles. The van der Waals surface area contributed by atoms with Gasteiger partial charge in [0.25, 0.3) is 0 Å². The third-order valence-electron chi connectivity index (χ3n) is 3.91. The molecule has 19 heavy (non-hydrogen) atoms. The van der Waals surface area contributed by atoms with E-state index in [4.69, 9.17) is 0 Å². The minimum absolute atomic E-state index is 0.739. The summed E-state index contributed by atoms with van der Waals surface area (Å²) < 4.78 is 0. The van der Waals surface area contributed by atoms with Gasteiger partial charge in [-0.15, -0.1) is 0 Å². The van der Waals surface area contributed by atoms with Crippen LogP contribution in [0.5, 0.6) is 0 Å². The Morgan fingerprint density at radius 3 is 2.89 bits per heavy atom. The average molecular weight is 277 g/mol. The lowest BCUT2D eigenvalue weighted by Gasteiger charge is -2.32. The summed E-state index contributed by atoms with van der Waals surface area (Å²) in [6.07, 6.45) is 6.81. The molecule has 106 valence electrons. The topological polar surface area (TPSA) is 12.0 Å². The van der Waals surface area contributed by atoms with Crippen LogP contribution in [0.3, 0.4) is 0 Å². The quantitative estimate of drug-likeness (QED) is 0.819. The molecule has 1 saturated carbocycles. The molecule has 0 saturated heterocycles. The monoisotopic (exact) mass is 277 g/mol. The molecule has 2 unspecified atom stereocenters. The highest BCUT2D eigenvalue weighted by Gasteiger charge is 2.24. The Hall–Kier alpha value is -0.470. The van der Waals surface area contributed by atoms with Crippen molar-refractivity contribution in [2.24, 2.45) is 0 Å². The Morgan fingerprint density at radius 1 is 1.26 bits per heavy atom. The van der Waals surface area contributed by atoms with E-state index in [-0.39, 0.29) is 0 Å². The van der Waals surface area contributed by atoms with Crippen LogP contribution < -0.4 is 5.32 Å². The largest absolute Gasteiger partial charge is 0.313 e. The summed E-state index contributed by atoms with van der Waals surface area (Å²) in [5.74, 6) is 1.16. The first-order valence-corrected chi connectivity index (χ1v) is 8.75. The Labute approximate surface area is 122 Å². The SMILES string of the molecule is CCCNC1CCCCC1SCc1cccc(C)c1. The maximum Gasteiger partial charge on any atom is 0.0204 e. The summed E-state index contributed by atoms with van der Waals surface area (Å²) in [5.41, 5.74) is 2.85. The summed E-state index contributed by atoms with van der Waals surface area (Å²) in [6, 6.07) is 9.68. The third-order valence-corrected chi connectivity index (χ3v) is 5.40. The Kier molecular flexibility index (Phi) is 6.25. The standard InChI is InChI=1S/C17H27NS/c1-3-11-18-16-9-4-5-10-17(16)19-13-15-8-6-7-14(2)12-15/h6-8,12,16-18H,3-5,9-11,13H2,1-2H3. The second-order valence-corrected chi connectivity index (χ2v) is 6.91. The van der Waals surface area contributed by atoms with Gasteiger partial charge in [-0.1, -0.05) is 49.6 Å². The van der Waals surface area contributed by atoms with Gasteiger partial charge in [-0.25, -0.2) is 0 Å². The van der Waals surface area contributed by atoms with Crippen molar-refractivity contribution in [3.8, 4) is 0 Å². The van der Waals surface area contributed by atoms with Gasteiger partial charge in [0.2, 0.25) is 0 Å². The number of thioether (sulfide) groups is 1. The van der Waals surface area contributed by atoms with E-state index in [0.717, 1.165) is 17.0 Å². The Morgan fingerprint density at radius 2 is 2.11 bits per heavy atom. The lowest BCUT2D eigenvalue weighted by atomic mass is 9.95. The van der Waals surface area contributed by atoms with Gasteiger partial charge < -0.3 is 5.32 Å². The first kappa shape index (κ1) is 14.9. The molecule has 0 heterocycles. The van der Waals surface area contributed by atoms with E-state index in [0.29, 0.717) is 0 Å². The van der Waals surface area contributed by atoms with Crippen LogP contribution in [-0.4, -0.2) is 17.8 Å². The third kappa shape index (κ3) is 4.85. The number of benzene rings is 1. The number of rotatable bonds is 6. The zero-order chi connectivity index (χ0) is 13.5. The maximum absolute atomic E-state index is 3.75. The van der Waals surface area contributed by atoms with Gasteiger partial charge in [0.05, 0.1) is 0 Å². The van der Waals surface area contributed by atoms with E-state index in [1.165, 1.54) is 49.8 Å². The van der Waals surface area contributed by atoms with Crippen molar-refractivity contribution in [1.29, 1.82) is 0 Å². The van der Waals surface area contributed by atoms with E-state index < -0.39 is 0 Å². The van der Waals surface area contributed by atoms with E-state index >= 15 is 0 Å². The summed E-state index contributed by atoms with van der Waals surface area (Å²) >= 11 is 2.16. The Bertz CT molecular complexity index is 377. The highest BCUT2D eigenvalue weighted by Crippen LogP contribution is 2.31. The van der Waals surface area contributed by atoms with E-state index in [1.807, 2.05) is 0 Å². The first-order chi connectivity index (χ1) is 9.29. The normalized spacial score (nSPS) is 23.5. The smallest absolute Gasteiger partial charge is 0.0204 e. The molecule has 0 radical (unpaired) electrons. The zero-order valence-electron chi connectivity index (χ0n) is 12.3. The van der Waals surface area contributed by atoms with Crippen molar-refractivity contribution in [3.63, 3.8) is 0 Å². The highest BCUT2D eigenvalue weighted by molar-refractivity contribution is 7.99. The molecule has 0 amide bonds. The van der Waals surface area contributed by atoms with Crippen LogP contribution >= 0.6 is 11.8 Å². The van der Waals surface area contributed by atoms with Gasteiger partial charge >= 0.3 is 0 Å². The second kappa shape index (κ2) is 7.96. The van der Waals surface area contributed by atoms with E-state index in [9.17, 15) is 0 Å². The predicted molar refractivity (Wildman–Crippen MR) is 86.8 cm³/mol. The van der Waals surface area contributed by atoms with Crippen LogP contribution in [0.4, 0.5) is 0 Å². The molecule has 0 bridgehead atoms. The minimum Gasteiger partial charge on any atom is -0.313 e. The molecule has 1 aliphatic carbocycles. The first-order valence-electron chi connectivity index (χ1n) is 7.70. The molecule has 2 heteroatoms. The minimum atomic E-state index is 0.739. The number of hydrogen-bond acceptors (Lipinski definition) is 2. The molecule has 0 aromatic heterocycles. The lowest BCUT2D eigenvalue weighted by Crippen LogP contribution is -2.40. The molecular formula is C17H27NS. The molecule has 1 N–H and O–H groups in total. The van der Waals surface area contributed by atoms with Crippen LogP contribution in [0.2, 0.25) is 0 Å². The van der Waals surface area contributed by atoms with Gasteiger partial charge in [0.15, 0.2) is 0 Å². The summed E-state index contributed by atoms with van der Waals surface area (Å²) in [5, 5.41) is 4.55. The summed E-state index contributed by atoms with van der Waals surface area (Å²) in [6.45, 7) is 5.61. The van der Waals surface area contributed by atoms with Crippen molar-refractivity contribution in [2.45, 2.75) is 63.0 Å². The van der Waals surface area contributed by atoms with Crippen LogP contribution in [0.25, 0.3) is 0 Å². The fourth-order valence-electron chi connectivity index (χ4n) is 2.86. The predicted octanol–water partition coefficient (Wildman–Crippen LogP) is 4.54. The van der Waals surface area contributed by atoms with Crippen molar-refractivity contribution in [1.82, 2.24) is 5.32 Å². The molecule has 2 atom stereocenters. The molecule has 1 fully saturated rings. The number of nitrogens with one attached hydrogen (secondary N) is 1. The van der Waals surface area contributed by atoms with Gasteiger partial charge in [-0.05, 0) is 38.3 Å². The highest BCUT2D eigenvalue weighted by atomic mass is 32.2. The summed E-state index contributed by atoms with van der Waals surface area (Å²) in [4.78, 5) is 0. The van der Waals surface area contributed by atoms with Gasteiger partial charge in [0, 0.05) is 17.0 Å². The lowest BCUT2D eigenvalue weighted by molar-refractivity contribution is 0.384. The molecule has 1 aromatic carbocycles. The second-order valence-electron chi connectivity index (χ2n) is 5.68. The Balaban J connectivity index is 1.85. The van der Waals surface area contributed by atoms with Gasteiger partial charge in [0.1, 0.15) is 0 Å². The fraction of sp³-hybridized carbons (Fsp3) is 0.647. The van der Waals surface area contributed by atoms with Crippen LogP contribution in [0.15, 0.2) is 24.3 Å². The van der Waals surface area contributed by atoms with Gasteiger partial charge in [-0.3, -0.25) is 0 Å². The van der Waals surface area contributed by atoms with Crippen LogP contribution in [0.1, 0.15) is 50.2 Å². The molecule has 2 rings (SSSR count). The molecular weight excluding hydrogens is 250 g/mol. The van der Waals surface area contributed by atoms with Crippen LogP contribution in [0, 0.1) is 6.92 Å². The average Bonchev–Trinajstić information content (AvgIpc) is 2.44. The number of hydrogen-bond donors (Lipinski definition) is 1. The molecule has 1 aliphatic rings. The molecule has 0 spiro atoms. The van der Waals surface area contributed by atoms with E-state index in [1.54, 1.807) is 0 Å². The number of aryl methyl sites for hydroxylation is 1. The molecule has 1 aromatic rings. The molecule has 1 nitrogen and oxygen atoms in total. The van der Waals surface area contributed by atoms with Crippen molar-refractivity contribution in [3.05, 3.63) is 35.4 Å². The van der Waals surface area contributed by atoms with Crippen molar-refractivity contribution >= 4 is 11.8 Å². The maximum atomic E-state index is 3.75. The van der Waals surface area contributed by atoms with Crippen molar-refractivity contribution < 1.29 is 0 Å². The van der Waals surface area contributed by atoms with Gasteiger partial charge in [-0.2, -0.15) is 11.8 Å². The fourth-order valence-corrected chi connectivity index (χ4v) is 4.25. The van der Waals surface area contributed by atoms with Crippen LogP contribution in [-0.2, 0) is 5.75 Å². The van der Waals surface area contributed by atoms with Crippen molar-refractivity contribution in [2.75, 3.05) is 6.54 Å². The van der Waals surface area contributed by atoms with E-state index in [2.05, 4.69) is 55.2 Å². The summed E-state index contributed by atoms with van der Waals surface area (Å²) in [7, 11) is 0. The zero-order valence-corrected chi connectivity index (χ0v) is 13.1.